The lowest BCUT2D eigenvalue weighted by atomic mass is 10.2. The van der Waals surface area contributed by atoms with Crippen LogP contribution < -0.4 is 10.3 Å². The van der Waals surface area contributed by atoms with Gasteiger partial charge in [-0.05, 0) is 72.9 Å². The third-order valence-corrected chi connectivity index (χ3v) is 5.86. The molecule has 0 bridgehead atoms. The Morgan fingerprint density at radius 3 is 2.30 bits per heavy atom. The summed E-state index contributed by atoms with van der Waals surface area (Å²) in [5.41, 5.74) is 0.476. The quantitative estimate of drug-likeness (QED) is 0.219. The minimum atomic E-state index is -0.633. The first-order valence-corrected chi connectivity index (χ1v) is 11.2. The van der Waals surface area contributed by atoms with E-state index >= 15 is 0 Å². The van der Waals surface area contributed by atoms with Gasteiger partial charge in [0.15, 0.2) is 4.77 Å². The molecule has 0 saturated carbocycles. The third-order valence-electron chi connectivity index (χ3n) is 4.71. The van der Waals surface area contributed by atoms with Crippen molar-refractivity contribution in [1.82, 2.24) is 9.13 Å². The number of rotatable bonds is 5. The first-order chi connectivity index (χ1) is 15.9. The molecular formula is C23H16BrClN4O3S. The molecule has 4 rings (SSSR count). The monoisotopic (exact) mass is 542 g/mol. The fraction of sp³-hybridized carbons (Fsp3) is 0.0435. The number of hydrogen-bond donors (Lipinski definition) is 1. The second-order valence-electron chi connectivity index (χ2n) is 6.76. The van der Waals surface area contributed by atoms with Gasteiger partial charge >= 0.3 is 0 Å². The molecule has 1 heterocycles. The van der Waals surface area contributed by atoms with Crippen molar-refractivity contribution in [2.45, 2.75) is 0 Å². The van der Waals surface area contributed by atoms with Crippen LogP contribution in [0.5, 0.6) is 11.6 Å². The molecule has 4 aromatic rings. The fourth-order valence-corrected chi connectivity index (χ4v) is 3.90. The van der Waals surface area contributed by atoms with Gasteiger partial charge in [0.2, 0.25) is 11.6 Å². The van der Waals surface area contributed by atoms with Gasteiger partial charge < -0.3 is 9.84 Å². The third kappa shape index (κ3) is 4.61. The van der Waals surface area contributed by atoms with Crippen LogP contribution in [0.4, 0.5) is 11.4 Å². The van der Waals surface area contributed by atoms with Crippen molar-refractivity contribution in [2.24, 2.45) is 10.2 Å². The van der Waals surface area contributed by atoms with E-state index in [1.807, 2.05) is 0 Å². The number of aromatic hydroxyl groups is 1. The number of para-hydroxylation sites is 2. The highest BCUT2D eigenvalue weighted by atomic mass is 79.9. The second-order valence-corrected chi connectivity index (χ2v) is 8.47. The molecule has 0 unspecified atom stereocenters. The lowest BCUT2D eigenvalue weighted by molar-refractivity contribution is 0.402. The van der Waals surface area contributed by atoms with Crippen LogP contribution >= 0.6 is 39.7 Å². The highest BCUT2D eigenvalue weighted by Gasteiger charge is 2.21. The van der Waals surface area contributed by atoms with Crippen LogP contribution in [0.25, 0.3) is 11.4 Å². The molecular weight excluding hydrogens is 528 g/mol. The molecule has 0 aliphatic heterocycles. The number of azo groups is 1. The zero-order chi connectivity index (χ0) is 23.5. The van der Waals surface area contributed by atoms with E-state index in [0.717, 1.165) is 4.47 Å². The Morgan fingerprint density at radius 1 is 0.970 bits per heavy atom. The van der Waals surface area contributed by atoms with Gasteiger partial charge in [0.1, 0.15) is 5.75 Å². The molecule has 1 aromatic heterocycles. The molecule has 1 N–H and O–H groups in total. The second kappa shape index (κ2) is 9.70. The van der Waals surface area contributed by atoms with Gasteiger partial charge in [-0.1, -0.05) is 39.7 Å². The zero-order valence-electron chi connectivity index (χ0n) is 17.1. The van der Waals surface area contributed by atoms with Gasteiger partial charge in [0, 0.05) is 9.50 Å². The van der Waals surface area contributed by atoms with Gasteiger partial charge in [-0.15, -0.1) is 5.11 Å². The number of methoxy groups -OCH3 is 1. The van der Waals surface area contributed by atoms with Crippen molar-refractivity contribution in [3.63, 3.8) is 0 Å². The summed E-state index contributed by atoms with van der Waals surface area (Å²) < 4.78 is 8.91. The Morgan fingerprint density at radius 2 is 1.64 bits per heavy atom. The van der Waals surface area contributed by atoms with E-state index in [-0.39, 0.29) is 10.5 Å². The summed E-state index contributed by atoms with van der Waals surface area (Å²) in [4.78, 5) is 13.4. The van der Waals surface area contributed by atoms with Gasteiger partial charge in [0.05, 0.1) is 24.2 Å². The van der Waals surface area contributed by atoms with Crippen molar-refractivity contribution in [1.29, 1.82) is 0 Å². The lowest BCUT2D eigenvalue weighted by Gasteiger charge is -2.17. The number of ether oxygens (including phenoxy) is 1. The molecule has 3 aromatic carbocycles. The average molecular weight is 544 g/mol. The van der Waals surface area contributed by atoms with E-state index in [2.05, 4.69) is 26.2 Å². The minimum absolute atomic E-state index is 0.0203. The minimum Gasteiger partial charge on any atom is -0.495 e. The molecule has 0 saturated heterocycles. The summed E-state index contributed by atoms with van der Waals surface area (Å²) >= 11 is 15.0. The maximum absolute atomic E-state index is 13.4. The van der Waals surface area contributed by atoms with Gasteiger partial charge in [-0.25, -0.2) is 0 Å². The Kier molecular flexibility index (Phi) is 6.73. The summed E-state index contributed by atoms with van der Waals surface area (Å²) in [5.74, 6) is -0.0124. The number of hydrogen-bond acceptors (Lipinski definition) is 6. The molecule has 0 aliphatic rings. The van der Waals surface area contributed by atoms with E-state index in [9.17, 15) is 9.90 Å². The Balaban J connectivity index is 2.02. The first kappa shape index (κ1) is 22.9. The summed E-state index contributed by atoms with van der Waals surface area (Å²) in [6, 6.07) is 20.6. The topological polar surface area (TPSA) is 81.1 Å². The number of halogens is 2. The molecule has 0 spiro atoms. The molecule has 0 amide bonds. The van der Waals surface area contributed by atoms with Crippen molar-refractivity contribution >= 4 is 51.1 Å². The molecule has 7 nitrogen and oxygen atoms in total. The summed E-state index contributed by atoms with van der Waals surface area (Å²) in [7, 11) is 1.50. The Labute approximate surface area is 207 Å². The highest BCUT2D eigenvalue weighted by molar-refractivity contribution is 9.10. The van der Waals surface area contributed by atoms with Crippen LogP contribution in [0.2, 0.25) is 5.02 Å². The number of nitrogens with zero attached hydrogens (tertiary/aromatic N) is 4. The van der Waals surface area contributed by atoms with Crippen LogP contribution in [-0.2, 0) is 0 Å². The molecule has 0 fully saturated rings. The van der Waals surface area contributed by atoms with Gasteiger partial charge in [0.25, 0.3) is 5.56 Å². The number of aromatic nitrogens is 2. The standard InChI is InChI=1S/C23H16BrClN4O3S/c1-32-19-5-3-2-4-18(19)29-22(31)20(27-26-16-10-6-14(24)7-11-16)21(30)28(23(29)33)17-12-8-15(25)9-13-17/h2-13,31H,1H3. The molecule has 0 aliphatic carbocycles. The first-order valence-electron chi connectivity index (χ1n) is 9.58. The van der Waals surface area contributed by atoms with Crippen LogP contribution in [-0.4, -0.2) is 21.4 Å². The maximum atomic E-state index is 13.4. The van der Waals surface area contributed by atoms with Crippen molar-refractivity contribution in [3.05, 3.63) is 97.4 Å². The van der Waals surface area contributed by atoms with Crippen molar-refractivity contribution in [2.75, 3.05) is 7.11 Å². The Bertz CT molecular complexity index is 1470. The van der Waals surface area contributed by atoms with E-state index in [0.29, 0.717) is 27.8 Å². The normalized spacial score (nSPS) is 11.1. The largest absolute Gasteiger partial charge is 0.495 e. The zero-order valence-corrected chi connectivity index (χ0v) is 20.3. The predicted octanol–water partition coefficient (Wildman–Crippen LogP) is 6.90. The van der Waals surface area contributed by atoms with Gasteiger partial charge in [-0.3, -0.25) is 13.9 Å². The summed E-state index contributed by atoms with van der Waals surface area (Å²) in [6.07, 6.45) is 0. The summed E-state index contributed by atoms with van der Waals surface area (Å²) in [5, 5.41) is 19.8. The SMILES string of the molecule is COc1ccccc1-n1c(O)c(N=Nc2ccc(Br)cc2)c(=O)n(-c2ccc(Cl)cc2)c1=S. The molecule has 10 heteroatoms. The van der Waals surface area contributed by atoms with Crippen molar-refractivity contribution in [3.8, 4) is 23.0 Å². The number of benzene rings is 3. The van der Waals surface area contributed by atoms with Crippen molar-refractivity contribution < 1.29 is 9.84 Å². The molecule has 33 heavy (non-hydrogen) atoms. The average Bonchev–Trinajstić information content (AvgIpc) is 2.81. The van der Waals surface area contributed by atoms with E-state index in [1.165, 1.54) is 16.2 Å². The van der Waals surface area contributed by atoms with Crippen LogP contribution in [0.15, 0.2) is 92.3 Å². The molecule has 166 valence electrons. The van der Waals surface area contributed by atoms with Crippen LogP contribution in [0.1, 0.15) is 0 Å². The maximum Gasteiger partial charge on any atom is 0.290 e. The molecule has 0 radical (unpaired) electrons. The fourth-order valence-electron chi connectivity index (χ4n) is 3.14. The van der Waals surface area contributed by atoms with E-state index in [4.69, 9.17) is 28.6 Å². The Hall–Kier alpha value is -3.27. The summed E-state index contributed by atoms with van der Waals surface area (Å²) in [6.45, 7) is 0. The van der Waals surface area contributed by atoms with E-state index in [1.54, 1.807) is 72.8 Å². The smallest absolute Gasteiger partial charge is 0.290 e. The molecule has 0 atom stereocenters. The lowest BCUT2D eigenvalue weighted by Crippen LogP contribution is -2.23. The highest BCUT2D eigenvalue weighted by Crippen LogP contribution is 2.33. The van der Waals surface area contributed by atoms with Crippen LogP contribution in [0.3, 0.4) is 0 Å². The van der Waals surface area contributed by atoms with Gasteiger partial charge in [-0.2, -0.15) is 5.11 Å². The predicted molar refractivity (Wildman–Crippen MR) is 134 cm³/mol. The van der Waals surface area contributed by atoms with Crippen LogP contribution in [0, 0.1) is 4.77 Å². The van der Waals surface area contributed by atoms with E-state index < -0.39 is 11.4 Å².